The summed E-state index contributed by atoms with van der Waals surface area (Å²) in [5, 5.41) is 11.8. The molecule has 0 aliphatic heterocycles. The van der Waals surface area contributed by atoms with Crippen LogP contribution in [0.5, 0.6) is 0 Å². The molecule has 0 radical (unpaired) electrons. The third-order valence-corrected chi connectivity index (χ3v) is 2.86. The molecule has 7 heteroatoms. The average molecular weight is 304 g/mol. The zero-order valence-electron chi connectivity index (χ0n) is 9.73. The normalized spacial score (nSPS) is 11.5. The molecule has 1 aromatic rings. The van der Waals surface area contributed by atoms with Crippen LogP contribution < -0.4 is 5.32 Å². The van der Waals surface area contributed by atoms with Crippen LogP contribution >= 0.6 is 23.2 Å². The summed E-state index contributed by atoms with van der Waals surface area (Å²) < 4.78 is 4.66. The number of nitrogens with one attached hydrogen (secondary N) is 1. The van der Waals surface area contributed by atoms with Crippen LogP contribution in [0, 0.1) is 0 Å². The molecule has 1 unspecified atom stereocenters. The molecule has 0 spiro atoms. The van der Waals surface area contributed by atoms with Crippen molar-refractivity contribution < 1.29 is 19.4 Å². The van der Waals surface area contributed by atoms with Crippen LogP contribution in [0.2, 0.25) is 10.0 Å². The smallest absolute Gasteiger partial charge is 0.408 e. The molecule has 0 aliphatic carbocycles. The van der Waals surface area contributed by atoms with E-state index in [1.807, 2.05) is 0 Å². The van der Waals surface area contributed by atoms with Crippen LogP contribution in [0.25, 0.3) is 0 Å². The molecule has 0 fully saturated rings. The van der Waals surface area contributed by atoms with E-state index in [2.05, 4.69) is 16.6 Å². The number of ether oxygens (including phenoxy) is 1. The molecule has 5 nitrogen and oxygen atoms in total. The molecule has 1 amide bonds. The van der Waals surface area contributed by atoms with Gasteiger partial charge in [0.1, 0.15) is 6.61 Å². The fourth-order valence-corrected chi connectivity index (χ4v) is 1.58. The van der Waals surface area contributed by atoms with Crippen LogP contribution in [0.1, 0.15) is 11.6 Å². The maximum absolute atomic E-state index is 11.3. The molecule has 19 heavy (non-hydrogen) atoms. The van der Waals surface area contributed by atoms with Crippen LogP contribution in [0.3, 0.4) is 0 Å². The summed E-state index contributed by atoms with van der Waals surface area (Å²) >= 11 is 11.5. The third-order valence-electron chi connectivity index (χ3n) is 2.12. The summed E-state index contributed by atoms with van der Waals surface area (Å²) in [7, 11) is 0. The predicted molar refractivity (Wildman–Crippen MR) is 71.5 cm³/mol. The van der Waals surface area contributed by atoms with Gasteiger partial charge in [0.15, 0.2) is 6.04 Å². The Labute approximate surface area is 119 Å². The summed E-state index contributed by atoms with van der Waals surface area (Å²) in [5.74, 6) is -1.24. The third kappa shape index (κ3) is 4.46. The number of carboxylic acids is 1. The van der Waals surface area contributed by atoms with Gasteiger partial charge in [0, 0.05) is 0 Å². The van der Waals surface area contributed by atoms with Gasteiger partial charge in [-0.25, -0.2) is 9.59 Å². The molecule has 0 aliphatic rings. The van der Waals surface area contributed by atoms with Crippen molar-refractivity contribution in [3.63, 3.8) is 0 Å². The molecule has 0 saturated heterocycles. The molecule has 1 atom stereocenters. The molecule has 0 saturated carbocycles. The maximum Gasteiger partial charge on any atom is 0.408 e. The predicted octanol–water partition coefficient (Wildman–Crippen LogP) is 3.03. The minimum Gasteiger partial charge on any atom is -0.479 e. The Hall–Kier alpha value is -1.72. The number of aliphatic carboxylic acids is 1. The summed E-state index contributed by atoms with van der Waals surface area (Å²) in [6.45, 7) is 3.36. The highest BCUT2D eigenvalue weighted by atomic mass is 35.5. The van der Waals surface area contributed by atoms with Crippen LogP contribution in [-0.2, 0) is 9.53 Å². The van der Waals surface area contributed by atoms with Gasteiger partial charge in [-0.15, -0.1) is 0 Å². The lowest BCUT2D eigenvalue weighted by Gasteiger charge is -2.15. The highest BCUT2D eigenvalue weighted by molar-refractivity contribution is 6.42. The number of amides is 1. The van der Waals surface area contributed by atoms with E-state index in [0.29, 0.717) is 5.02 Å². The Kier molecular flexibility index (Phi) is 5.66. The van der Waals surface area contributed by atoms with Gasteiger partial charge in [-0.2, -0.15) is 0 Å². The van der Waals surface area contributed by atoms with Crippen molar-refractivity contribution in [2.45, 2.75) is 6.04 Å². The average Bonchev–Trinajstić information content (AvgIpc) is 2.36. The molecule has 0 aromatic heterocycles. The molecule has 102 valence electrons. The van der Waals surface area contributed by atoms with Crippen molar-refractivity contribution in [3.8, 4) is 0 Å². The van der Waals surface area contributed by atoms with E-state index < -0.39 is 18.1 Å². The van der Waals surface area contributed by atoms with Gasteiger partial charge >= 0.3 is 12.1 Å². The number of hydrogen-bond acceptors (Lipinski definition) is 3. The van der Waals surface area contributed by atoms with Crippen LogP contribution in [-0.4, -0.2) is 23.8 Å². The number of carbonyl (C=O) groups is 2. The highest BCUT2D eigenvalue weighted by Gasteiger charge is 2.23. The minimum atomic E-state index is -1.27. The molecule has 2 N–H and O–H groups in total. The molecule has 0 heterocycles. The largest absolute Gasteiger partial charge is 0.479 e. The SMILES string of the molecule is C=CCOC(=O)NC(C(=O)O)c1ccc(Cl)c(Cl)c1. The van der Waals surface area contributed by atoms with E-state index in [1.165, 1.54) is 24.3 Å². The molecular formula is C12H11Cl2NO4. The van der Waals surface area contributed by atoms with Crippen molar-refractivity contribution in [1.82, 2.24) is 5.32 Å². The lowest BCUT2D eigenvalue weighted by Crippen LogP contribution is -2.34. The van der Waals surface area contributed by atoms with Crippen LogP contribution in [0.15, 0.2) is 30.9 Å². The lowest BCUT2D eigenvalue weighted by atomic mass is 10.1. The first-order valence-corrected chi connectivity index (χ1v) is 5.93. The van der Waals surface area contributed by atoms with E-state index in [0.717, 1.165) is 0 Å². The minimum absolute atomic E-state index is 0.0143. The Bertz CT molecular complexity index is 505. The van der Waals surface area contributed by atoms with Crippen LogP contribution in [0.4, 0.5) is 4.79 Å². The number of hydrogen-bond donors (Lipinski definition) is 2. The fourth-order valence-electron chi connectivity index (χ4n) is 1.27. The molecule has 1 rings (SSSR count). The maximum atomic E-state index is 11.3. The molecular weight excluding hydrogens is 293 g/mol. The second-order valence-electron chi connectivity index (χ2n) is 3.48. The van der Waals surface area contributed by atoms with Gasteiger partial charge in [0.2, 0.25) is 0 Å². The number of carboxylic acid groups (broad SMARTS) is 1. The molecule has 0 bridgehead atoms. The standard InChI is InChI=1S/C12H11Cl2NO4/c1-2-5-19-12(18)15-10(11(16)17)7-3-4-8(13)9(14)6-7/h2-4,6,10H,1,5H2,(H,15,18)(H,16,17). The van der Waals surface area contributed by atoms with Crippen molar-refractivity contribution in [3.05, 3.63) is 46.5 Å². The summed E-state index contributed by atoms with van der Waals surface area (Å²) in [6, 6.07) is 3.01. The van der Waals surface area contributed by atoms with E-state index in [1.54, 1.807) is 0 Å². The number of halogens is 2. The highest BCUT2D eigenvalue weighted by Crippen LogP contribution is 2.25. The van der Waals surface area contributed by atoms with Gasteiger partial charge in [-0.3, -0.25) is 0 Å². The topological polar surface area (TPSA) is 75.6 Å². The number of carbonyl (C=O) groups excluding carboxylic acids is 1. The first-order valence-electron chi connectivity index (χ1n) is 5.17. The van der Waals surface area contributed by atoms with Gasteiger partial charge in [0.25, 0.3) is 0 Å². The van der Waals surface area contributed by atoms with Gasteiger partial charge in [-0.05, 0) is 17.7 Å². The first kappa shape index (κ1) is 15.3. The van der Waals surface area contributed by atoms with Gasteiger partial charge in [-0.1, -0.05) is 41.9 Å². The Morgan fingerprint density at radius 2 is 2.11 bits per heavy atom. The summed E-state index contributed by atoms with van der Waals surface area (Å²) in [6.07, 6.45) is 0.507. The summed E-state index contributed by atoms with van der Waals surface area (Å²) in [4.78, 5) is 22.5. The van der Waals surface area contributed by atoms with Crippen molar-refractivity contribution in [2.75, 3.05) is 6.61 Å². The number of alkyl carbamates (subject to hydrolysis) is 1. The van der Waals surface area contributed by atoms with Crippen molar-refractivity contribution in [1.29, 1.82) is 0 Å². The second-order valence-corrected chi connectivity index (χ2v) is 4.29. The Morgan fingerprint density at radius 1 is 1.42 bits per heavy atom. The lowest BCUT2D eigenvalue weighted by molar-refractivity contribution is -0.139. The number of rotatable bonds is 5. The Morgan fingerprint density at radius 3 is 2.63 bits per heavy atom. The first-order chi connectivity index (χ1) is 8.95. The van der Waals surface area contributed by atoms with E-state index in [9.17, 15) is 9.59 Å². The monoisotopic (exact) mass is 303 g/mol. The Balaban J connectivity index is 2.88. The second kappa shape index (κ2) is 7.01. The van der Waals surface area contributed by atoms with Gasteiger partial charge < -0.3 is 15.2 Å². The van der Waals surface area contributed by atoms with E-state index in [4.69, 9.17) is 28.3 Å². The van der Waals surface area contributed by atoms with E-state index >= 15 is 0 Å². The quantitative estimate of drug-likeness (QED) is 0.820. The zero-order valence-corrected chi connectivity index (χ0v) is 11.2. The van der Waals surface area contributed by atoms with Gasteiger partial charge in [0.05, 0.1) is 10.0 Å². The molecule has 1 aromatic carbocycles. The zero-order chi connectivity index (χ0) is 14.4. The fraction of sp³-hybridized carbons (Fsp3) is 0.167. The van der Waals surface area contributed by atoms with E-state index in [-0.39, 0.29) is 17.2 Å². The number of benzene rings is 1. The summed E-state index contributed by atoms with van der Waals surface area (Å²) in [5.41, 5.74) is 0.289. The van der Waals surface area contributed by atoms with Crippen molar-refractivity contribution >= 4 is 35.3 Å². The van der Waals surface area contributed by atoms with Crippen molar-refractivity contribution in [2.24, 2.45) is 0 Å².